The maximum atomic E-state index is 9.78. The minimum absolute atomic E-state index is 0.125. The lowest BCUT2D eigenvalue weighted by atomic mass is 9.87. The van der Waals surface area contributed by atoms with E-state index < -0.39 is 0 Å². The van der Waals surface area contributed by atoms with Crippen molar-refractivity contribution >= 4 is 0 Å². The van der Waals surface area contributed by atoms with Crippen LogP contribution in [0.15, 0.2) is 24.3 Å². The van der Waals surface area contributed by atoms with Gasteiger partial charge in [-0.05, 0) is 31.2 Å². The van der Waals surface area contributed by atoms with Crippen molar-refractivity contribution in [1.29, 1.82) is 0 Å². The number of hydrogen-bond donors (Lipinski definition) is 3. The molecular weight excluding hydrogens is 226 g/mol. The van der Waals surface area contributed by atoms with Crippen molar-refractivity contribution < 1.29 is 10.2 Å². The van der Waals surface area contributed by atoms with Crippen LogP contribution in [0.1, 0.15) is 45.2 Å². The standard InChI is InChI=1S/C15H25NO2/c1-12(13-7-4-5-8-14(13)18)16-11-15(2,3)9-6-10-17/h4-5,7-8,12,16-18H,6,9-11H2,1-3H3. The summed E-state index contributed by atoms with van der Waals surface area (Å²) < 4.78 is 0. The Bertz CT molecular complexity index is 363. The number of phenols is 1. The quantitative estimate of drug-likeness (QED) is 0.698. The van der Waals surface area contributed by atoms with Crippen LogP contribution in [0, 0.1) is 5.41 Å². The second-order valence-electron chi connectivity index (χ2n) is 5.65. The van der Waals surface area contributed by atoms with Crippen LogP contribution in [0.5, 0.6) is 5.75 Å². The Morgan fingerprint density at radius 1 is 1.28 bits per heavy atom. The fraction of sp³-hybridized carbons (Fsp3) is 0.600. The summed E-state index contributed by atoms with van der Waals surface area (Å²) in [5, 5.41) is 22.1. The van der Waals surface area contributed by atoms with E-state index in [1.54, 1.807) is 6.07 Å². The van der Waals surface area contributed by atoms with E-state index in [-0.39, 0.29) is 18.1 Å². The van der Waals surface area contributed by atoms with E-state index in [0.29, 0.717) is 5.75 Å². The van der Waals surface area contributed by atoms with Gasteiger partial charge in [-0.25, -0.2) is 0 Å². The topological polar surface area (TPSA) is 52.5 Å². The van der Waals surface area contributed by atoms with Crippen molar-refractivity contribution in [2.24, 2.45) is 5.41 Å². The highest BCUT2D eigenvalue weighted by atomic mass is 16.3. The van der Waals surface area contributed by atoms with Crippen LogP contribution in [-0.2, 0) is 0 Å². The monoisotopic (exact) mass is 251 g/mol. The molecule has 3 N–H and O–H groups in total. The van der Waals surface area contributed by atoms with Gasteiger partial charge in [0.2, 0.25) is 0 Å². The van der Waals surface area contributed by atoms with Crippen molar-refractivity contribution in [1.82, 2.24) is 5.32 Å². The molecule has 0 aromatic heterocycles. The van der Waals surface area contributed by atoms with Crippen LogP contribution in [0.25, 0.3) is 0 Å². The van der Waals surface area contributed by atoms with Crippen LogP contribution in [0.4, 0.5) is 0 Å². The maximum absolute atomic E-state index is 9.78. The molecule has 1 aromatic carbocycles. The molecule has 0 aliphatic heterocycles. The third kappa shape index (κ3) is 4.67. The van der Waals surface area contributed by atoms with E-state index in [1.807, 2.05) is 18.2 Å². The number of aromatic hydroxyl groups is 1. The van der Waals surface area contributed by atoms with Gasteiger partial charge in [0, 0.05) is 24.8 Å². The highest BCUT2D eigenvalue weighted by Gasteiger charge is 2.19. The number of rotatable bonds is 7. The Labute approximate surface area is 110 Å². The molecule has 0 saturated heterocycles. The molecule has 0 aliphatic rings. The van der Waals surface area contributed by atoms with Gasteiger partial charge in [-0.1, -0.05) is 32.0 Å². The predicted octanol–water partition coefficient (Wildman–Crippen LogP) is 2.84. The van der Waals surface area contributed by atoms with E-state index in [0.717, 1.165) is 24.9 Å². The summed E-state index contributed by atoms with van der Waals surface area (Å²) in [6.45, 7) is 7.54. The van der Waals surface area contributed by atoms with Gasteiger partial charge in [0.1, 0.15) is 5.75 Å². The first kappa shape index (κ1) is 15.0. The van der Waals surface area contributed by atoms with Crippen molar-refractivity contribution in [2.45, 2.75) is 39.7 Å². The molecule has 18 heavy (non-hydrogen) atoms. The maximum Gasteiger partial charge on any atom is 0.120 e. The van der Waals surface area contributed by atoms with E-state index in [1.165, 1.54) is 0 Å². The molecule has 1 rings (SSSR count). The number of hydrogen-bond acceptors (Lipinski definition) is 3. The molecule has 3 heteroatoms. The van der Waals surface area contributed by atoms with Gasteiger partial charge in [-0.15, -0.1) is 0 Å². The number of aliphatic hydroxyl groups excluding tert-OH is 1. The molecule has 1 atom stereocenters. The van der Waals surface area contributed by atoms with Crippen molar-refractivity contribution in [3.63, 3.8) is 0 Å². The first-order valence-corrected chi connectivity index (χ1v) is 6.58. The second-order valence-corrected chi connectivity index (χ2v) is 5.65. The summed E-state index contributed by atoms with van der Waals surface area (Å²) >= 11 is 0. The van der Waals surface area contributed by atoms with Crippen molar-refractivity contribution in [3.8, 4) is 5.75 Å². The summed E-state index contributed by atoms with van der Waals surface area (Å²) in [6, 6.07) is 7.54. The number of benzene rings is 1. The molecule has 3 nitrogen and oxygen atoms in total. The van der Waals surface area contributed by atoms with Gasteiger partial charge < -0.3 is 15.5 Å². The molecule has 0 aliphatic carbocycles. The minimum Gasteiger partial charge on any atom is -0.508 e. The van der Waals surface area contributed by atoms with Crippen LogP contribution in [-0.4, -0.2) is 23.4 Å². The Morgan fingerprint density at radius 2 is 1.94 bits per heavy atom. The molecule has 0 spiro atoms. The van der Waals surface area contributed by atoms with Gasteiger partial charge in [-0.3, -0.25) is 0 Å². The zero-order valence-electron chi connectivity index (χ0n) is 11.6. The van der Waals surface area contributed by atoms with E-state index >= 15 is 0 Å². The third-order valence-electron chi connectivity index (χ3n) is 3.30. The lowest BCUT2D eigenvalue weighted by Gasteiger charge is -2.27. The Morgan fingerprint density at radius 3 is 2.56 bits per heavy atom. The van der Waals surface area contributed by atoms with E-state index in [2.05, 4.69) is 26.1 Å². The van der Waals surface area contributed by atoms with Crippen LogP contribution in [0.3, 0.4) is 0 Å². The van der Waals surface area contributed by atoms with Crippen LogP contribution < -0.4 is 5.32 Å². The molecule has 0 amide bonds. The molecule has 0 heterocycles. The highest BCUT2D eigenvalue weighted by Crippen LogP contribution is 2.26. The number of phenolic OH excluding ortho intramolecular Hbond substituents is 1. The first-order chi connectivity index (χ1) is 8.46. The molecule has 102 valence electrons. The minimum atomic E-state index is 0.125. The second kappa shape index (κ2) is 6.76. The summed E-state index contributed by atoms with van der Waals surface area (Å²) in [6.07, 6.45) is 1.82. The van der Waals surface area contributed by atoms with E-state index in [9.17, 15) is 5.11 Å². The molecular formula is C15H25NO2. The third-order valence-corrected chi connectivity index (χ3v) is 3.30. The SMILES string of the molecule is CC(NCC(C)(C)CCCO)c1ccccc1O. The average Bonchev–Trinajstić information content (AvgIpc) is 2.34. The van der Waals surface area contributed by atoms with Gasteiger partial charge in [0.05, 0.1) is 0 Å². The number of para-hydroxylation sites is 1. The molecule has 0 radical (unpaired) electrons. The smallest absolute Gasteiger partial charge is 0.120 e. The zero-order valence-corrected chi connectivity index (χ0v) is 11.6. The Balaban J connectivity index is 2.51. The van der Waals surface area contributed by atoms with Gasteiger partial charge in [-0.2, -0.15) is 0 Å². The molecule has 0 fully saturated rings. The highest BCUT2D eigenvalue weighted by molar-refractivity contribution is 5.34. The number of nitrogens with one attached hydrogen (secondary N) is 1. The van der Waals surface area contributed by atoms with E-state index in [4.69, 9.17) is 5.11 Å². The molecule has 1 unspecified atom stereocenters. The van der Waals surface area contributed by atoms with Crippen molar-refractivity contribution in [2.75, 3.05) is 13.2 Å². The van der Waals surface area contributed by atoms with Crippen LogP contribution in [0.2, 0.25) is 0 Å². The summed E-state index contributed by atoms with van der Waals surface area (Å²) in [5.74, 6) is 0.339. The summed E-state index contributed by atoms with van der Waals surface area (Å²) in [7, 11) is 0. The summed E-state index contributed by atoms with van der Waals surface area (Å²) in [5.41, 5.74) is 1.08. The average molecular weight is 251 g/mol. The van der Waals surface area contributed by atoms with Gasteiger partial charge in [0.25, 0.3) is 0 Å². The molecule has 1 aromatic rings. The number of aliphatic hydroxyl groups is 1. The predicted molar refractivity (Wildman–Crippen MR) is 74.6 cm³/mol. The lowest BCUT2D eigenvalue weighted by molar-refractivity contribution is 0.232. The zero-order chi connectivity index (χ0) is 13.6. The fourth-order valence-electron chi connectivity index (χ4n) is 2.04. The van der Waals surface area contributed by atoms with Crippen molar-refractivity contribution in [3.05, 3.63) is 29.8 Å². The fourth-order valence-corrected chi connectivity index (χ4v) is 2.04. The normalized spacial score (nSPS) is 13.6. The first-order valence-electron chi connectivity index (χ1n) is 6.58. The Kier molecular flexibility index (Phi) is 5.63. The lowest BCUT2D eigenvalue weighted by Crippen LogP contribution is -2.31. The Hall–Kier alpha value is -1.06. The van der Waals surface area contributed by atoms with Gasteiger partial charge in [0.15, 0.2) is 0 Å². The molecule has 0 bridgehead atoms. The molecule has 0 saturated carbocycles. The summed E-state index contributed by atoms with van der Waals surface area (Å²) in [4.78, 5) is 0. The largest absolute Gasteiger partial charge is 0.508 e. The van der Waals surface area contributed by atoms with Gasteiger partial charge >= 0.3 is 0 Å². The van der Waals surface area contributed by atoms with Crippen LogP contribution >= 0.6 is 0 Å².